The number of amides is 1. The second-order valence-corrected chi connectivity index (χ2v) is 7.24. The molecule has 118 valence electrons. The van der Waals surface area contributed by atoms with Gasteiger partial charge in [-0.1, -0.05) is 19.9 Å². The average Bonchev–Trinajstić information content (AvgIpc) is 2.41. The lowest BCUT2D eigenvalue weighted by Crippen LogP contribution is -2.31. The largest absolute Gasteiger partial charge is 0.325 e. The van der Waals surface area contributed by atoms with Gasteiger partial charge in [0.25, 0.3) is 0 Å². The summed E-state index contributed by atoms with van der Waals surface area (Å²) < 4.78 is 26.5. The molecule has 1 rings (SSSR count). The van der Waals surface area contributed by atoms with E-state index in [9.17, 15) is 13.2 Å². The number of aryl methyl sites for hydroxylation is 1. The van der Waals surface area contributed by atoms with Gasteiger partial charge in [0.2, 0.25) is 15.9 Å². The number of anilines is 1. The molecule has 1 aromatic carbocycles. The fourth-order valence-electron chi connectivity index (χ4n) is 1.90. The van der Waals surface area contributed by atoms with Crippen molar-refractivity contribution in [3.8, 4) is 0 Å². The van der Waals surface area contributed by atoms with Crippen molar-refractivity contribution in [1.29, 1.82) is 0 Å². The quantitative estimate of drug-likeness (QED) is 0.814. The van der Waals surface area contributed by atoms with Gasteiger partial charge in [-0.05, 0) is 31.5 Å². The maximum atomic E-state index is 12.6. The predicted molar refractivity (Wildman–Crippen MR) is 85.2 cm³/mol. The Bertz CT molecular complexity index is 611. The molecule has 21 heavy (non-hydrogen) atoms. The number of rotatable bonds is 6. The third kappa shape index (κ3) is 4.18. The van der Waals surface area contributed by atoms with Crippen molar-refractivity contribution < 1.29 is 13.2 Å². The van der Waals surface area contributed by atoms with Crippen molar-refractivity contribution in [2.24, 2.45) is 0 Å². The van der Waals surface area contributed by atoms with Gasteiger partial charge in [-0.3, -0.25) is 4.79 Å². The van der Waals surface area contributed by atoms with Gasteiger partial charge in [-0.2, -0.15) is 4.31 Å². The molecule has 0 saturated heterocycles. The average molecular weight is 333 g/mol. The number of halogens is 1. The SMILES string of the molecule is CCN(CC)S(=O)(=O)c1cc(NC(=O)C(C)Cl)ccc1C. The van der Waals surface area contributed by atoms with Crippen LogP contribution < -0.4 is 5.32 Å². The highest BCUT2D eigenvalue weighted by Crippen LogP contribution is 2.23. The molecular formula is C14H21ClN2O3S. The van der Waals surface area contributed by atoms with Crippen molar-refractivity contribution in [1.82, 2.24) is 4.31 Å². The molecule has 7 heteroatoms. The van der Waals surface area contributed by atoms with Gasteiger partial charge < -0.3 is 5.32 Å². The van der Waals surface area contributed by atoms with Crippen LogP contribution in [0.15, 0.2) is 23.1 Å². The minimum Gasteiger partial charge on any atom is -0.325 e. The summed E-state index contributed by atoms with van der Waals surface area (Å²) in [7, 11) is -3.56. The summed E-state index contributed by atoms with van der Waals surface area (Å²) in [6.45, 7) is 7.65. The Balaban J connectivity index is 3.22. The molecular weight excluding hydrogens is 312 g/mol. The zero-order valence-electron chi connectivity index (χ0n) is 12.7. The Morgan fingerprint density at radius 1 is 1.33 bits per heavy atom. The van der Waals surface area contributed by atoms with E-state index in [0.29, 0.717) is 24.3 Å². The van der Waals surface area contributed by atoms with Crippen molar-refractivity contribution in [3.05, 3.63) is 23.8 Å². The van der Waals surface area contributed by atoms with Crippen LogP contribution in [0.4, 0.5) is 5.69 Å². The van der Waals surface area contributed by atoms with E-state index in [1.165, 1.54) is 10.4 Å². The fourth-order valence-corrected chi connectivity index (χ4v) is 3.66. The highest BCUT2D eigenvalue weighted by Gasteiger charge is 2.24. The minimum absolute atomic E-state index is 0.200. The van der Waals surface area contributed by atoms with Gasteiger partial charge >= 0.3 is 0 Å². The number of sulfonamides is 1. The number of carbonyl (C=O) groups is 1. The topological polar surface area (TPSA) is 66.5 Å². The second kappa shape index (κ2) is 7.24. The van der Waals surface area contributed by atoms with E-state index in [0.717, 1.165) is 0 Å². The molecule has 0 bridgehead atoms. The Labute approximate surface area is 131 Å². The predicted octanol–water partition coefficient (Wildman–Crippen LogP) is 2.59. The molecule has 1 N–H and O–H groups in total. The number of carbonyl (C=O) groups excluding carboxylic acids is 1. The standard InChI is InChI=1S/C14H21ClN2O3S/c1-5-17(6-2)21(19,20)13-9-12(8-7-10(13)3)16-14(18)11(4)15/h7-9,11H,5-6H2,1-4H3,(H,16,18). The first-order chi connectivity index (χ1) is 9.73. The molecule has 0 aliphatic rings. The zero-order chi connectivity index (χ0) is 16.2. The van der Waals surface area contributed by atoms with Gasteiger partial charge in [-0.25, -0.2) is 8.42 Å². The first-order valence-electron chi connectivity index (χ1n) is 6.79. The highest BCUT2D eigenvalue weighted by atomic mass is 35.5. The molecule has 0 saturated carbocycles. The van der Waals surface area contributed by atoms with Gasteiger partial charge in [0.05, 0.1) is 4.90 Å². The van der Waals surface area contributed by atoms with E-state index in [2.05, 4.69) is 5.32 Å². The van der Waals surface area contributed by atoms with E-state index in [1.807, 2.05) is 0 Å². The Morgan fingerprint density at radius 3 is 2.38 bits per heavy atom. The van der Waals surface area contributed by atoms with Crippen LogP contribution in [0.3, 0.4) is 0 Å². The number of hydrogen-bond donors (Lipinski definition) is 1. The van der Waals surface area contributed by atoms with Crippen LogP contribution in [0.2, 0.25) is 0 Å². The number of benzene rings is 1. The Hall–Kier alpha value is -1.11. The van der Waals surface area contributed by atoms with Crippen LogP contribution in [0, 0.1) is 6.92 Å². The molecule has 5 nitrogen and oxygen atoms in total. The minimum atomic E-state index is -3.56. The summed E-state index contributed by atoms with van der Waals surface area (Å²) in [4.78, 5) is 11.8. The lowest BCUT2D eigenvalue weighted by atomic mass is 10.2. The lowest BCUT2D eigenvalue weighted by molar-refractivity contribution is -0.115. The highest BCUT2D eigenvalue weighted by molar-refractivity contribution is 7.89. The maximum Gasteiger partial charge on any atom is 0.243 e. The summed E-state index contributed by atoms with van der Waals surface area (Å²) in [6.07, 6.45) is 0. The second-order valence-electron chi connectivity index (χ2n) is 4.67. The molecule has 0 radical (unpaired) electrons. The Kier molecular flexibility index (Phi) is 6.19. The van der Waals surface area contributed by atoms with Crippen molar-refractivity contribution in [2.75, 3.05) is 18.4 Å². The third-order valence-corrected chi connectivity index (χ3v) is 5.53. The molecule has 0 heterocycles. The van der Waals surface area contributed by atoms with Gasteiger partial charge in [0, 0.05) is 18.8 Å². The van der Waals surface area contributed by atoms with E-state index >= 15 is 0 Å². The maximum absolute atomic E-state index is 12.6. The molecule has 0 spiro atoms. The molecule has 1 unspecified atom stereocenters. The number of alkyl halides is 1. The van der Waals surface area contributed by atoms with E-state index in [4.69, 9.17) is 11.6 Å². The number of hydrogen-bond acceptors (Lipinski definition) is 3. The Morgan fingerprint density at radius 2 is 1.90 bits per heavy atom. The zero-order valence-corrected chi connectivity index (χ0v) is 14.3. The molecule has 0 aliphatic carbocycles. The van der Waals surface area contributed by atoms with Crippen LogP contribution in [0.1, 0.15) is 26.3 Å². The van der Waals surface area contributed by atoms with Crippen molar-refractivity contribution in [2.45, 2.75) is 38.0 Å². The smallest absolute Gasteiger partial charge is 0.243 e. The van der Waals surface area contributed by atoms with E-state index in [-0.39, 0.29) is 10.8 Å². The molecule has 0 fully saturated rings. The summed E-state index contributed by atoms with van der Waals surface area (Å²) in [5.41, 5.74) is 1.06. The van der Waals surface area contributed by atoms with Crippen LogP contribution >= 0.6 is 11.6 Å². The van der Waals surface area contributed by atoms with Gasteiger partial charge in [-0.15, -0.1) is 11.6 Å². The van der Waals surface area contributed by atoms with Crippen molar-refractivity contribution in [3.63, 3.8) is 0 Å². The number of nitrogens with zero attached hydrogens (tertiary/aromatic N) is 1. The normalized spacial score (nSPS) is 13.2. The first kappa shape index (κ1) is 17.9. The molecule has 1 aromatic rings. The molecule has 1 atom stereocenters. The molecule has 0 aromatic heterocycles. The summed E-state index contributed by atoms with van der Waals surface area (Å²) in [6, 6.07) is 4.80. The third-order valence-electron chi connectivity index (χ3n) is 3.14. The van der Waals surface area contributed by atoms with E-state index < -0.39 is 15.4 Å². The summed E-state index contributed by atoms with van der Waals surface area (Å²) in [5, 5.41) is 1.92. The van der Waals surface area contributed by atoms with Crippen LogP contribution in [0.25, 0.3) is 0 Å². The number of nitrogens with one attached hydrogen (secondary N) is 1. The van der Waals surface area contributed by atoms with Gasteiger partial charge in [0.15, 0.2) is 0 Å². The first-order valence-corrected chi connectivity index (χ1v) is 8.67. The molecule has 0 aliphatic heterocycles. The lowest BCUT2D eigenvalue weighted by Gasteiger charge is -2.20. The summed E-state index contributed by atoms with van der Waals surface area (Å²) >= 11 is 5.70. The fraction of sp³-hybridized carbons (Fsp3) is 0.500. The van der Waals surface area contributed by atoms with E-state index in [1.54, 1.807) is 39.8 Å². The van der Waals surface area contributed by atoms with Crippen LogP contribution in [0.5, 0.6) is 0 Å². The monoisotopic (exact) mass is 332 g/mol. The van der Waals surface area contributed by atoms with Gasteiger partial charge in [0.1, 0.15) is 5.38 Å². The van der Waals surface area contributed by atoms with Crippen LogP contribution in [-0.4, -0.2) is 37.1 Å². The van der Waals surface area contributed by atoms with Crippen molar-refractivity contribution >= 4 is 33.2 Å². The molecule has 1 amide bonds. The van der Waals surface area contributed by atoms with Crippen LogP contribution in [-0.2, 0) is 14.8 Å². The summed E-state index contributed by atoms with van der Waals surface area (Å²) in [5.74, 6) is -0.369.